The average molecular weight is 444 g/mol. The summed E-state index contributed by atoms with van der Waals surface area (Å²) < 4.78 is 7.58. The van der Waals surface area contributed by atoms with E-state index in [4.69, 9.17) is 4.74 Å². The standard InChI is InChI=1S/C26H25N3O4/c1-2-16-33-21-11-6-10-20(17-21)23-22(24(30)19-8-4-3-5-9-19)25(31)26(32)29(23)14-7-13-28-15-12-27-18-28/h2-6,8-12,15,17-18,23,30H,1,7,13-14,16H2/t23-/m1/s1. The van der Waals surface area contributed by atoms with Crippen LogP contribution in [0.3, 0.4) is 0 Å². The van der Waals surface area contributed by atoms with Gasteiger partial charge >= 0.3 is 0 Å². The Morgan fingerprint density at radius 3 is 2.67 bits per heavy atom. The van der Waals surface area contributed by atoms with E-state index in [1.807, 2.05) is 29.0 Å². The maximum atomic E-state index is 13.1. The van der Waals surface area contributed by atoms with E-state index in [1.165, 1.54) is 4.90 Å². The van der Waals surface area contributed by atoms with Crippen molar-refractivity contribution in [3.63, 3.8) is 0 Å². The molecule has 1 amide bonds. The van der Waals surface area contributed by atoms with Gasteiger partial charge in [-0.2, -0.15) is 0 Å². The molecule has 1 aliphatic heterocycles. The second-order valence-electron chi connectivity index (χ2n) is 7.68. The summed E-state index contributed by atoms with van der Waals surface area (Å²) in [5, 5.41) is 11.1. The quantitative estimate of drug-likeness (QED) is 0.234. The van der Waals surface area contributed by atoms with Crippen LogP contribution in [0.15, 0.2) is 91.5 Å². The zero-order valence-corrected chi connectivity index (χ0v) is 18.1. The van der Waals surface area contributed by atoms with Crippen LogP contribution in [-0.2, 0) is 16.1 Å². The molecule has 0 unspecified atom stereocenters. The van der Waals surface area contributed by atoms with Crippen LogP contribution in [0.2, 0.25) is 0 Å². The van der Waals surface area contributed by atoms with Gasteiger partial charge in [0.05, 0.1) is 17.9 Å². The minimum absolute atomic E-state index is 0.0784. The number of aliphatic hydroxyl groups is 1. The number of benzene rings is 2. The fourth-order valence-corrected chi connectivity index (χ4v) is 3.98. The zero-order valence-electron chi connectivity index (χ0n) is 18.1. The normalized spacial score (nSPS) is 17.3. The van der Waals surface area contributed by atoms with Gasteiger partial charge in [0.2, 0.25) is 0 Å². The molecule has 2 aromatic carbocycles. The molecule has 1 saturated heterocycles. The van der Waals surface area contributed by atoms with E-state index in [1.54, 1.807) is 55.0 Å². The predicted octanol–water partition coefficient (Wildman–Crippen LogP) is 3.96. The summed E-state index contributed by atoms with van der Waals surface area (Å²) in [6, 6.07) is 15.3. The number of aromatic nitrogens is 2. The molecule has 1 aliphatic rings. The molecule has 1 atom stereocenters. The molecule has 7 nitrogen and oxygen atoms in total. The van der Waals surface area contributed by atoms with Gasteiger partial charge in [-0.1, -0.05) is 55.1 Å². The molecule has 0 spiro atoms. The predicted molar refractivity (Wildman–Crippen MR) is 124 cm³/mol. The molecule has 0 saturated carbocycles. The van der Waals surface area contributed by atoms with Crippen molar-refractivity contribution in [1.29, 1.82) is 0 Å². The first-order valence-corrected chi connectivity index (χ1v) is 10.7. The Balaban J connectivity index is 1.73. The summed E-state index contributed by atoms with van der Waals surface area (Å²) >= 11 is 0. The van der Waals surface area contributed by atoms with E-state index in [-0.39, 0.29) is 11.3 Å². The van der Waals surface area contributed by atoms with Crippen molar-refractivity contribution in [3.05, 3.63) is 103 Å². The van der Waals surface area contributed by atoms with Crippen LogP contribution in [0, 0.1) is 0 Å². The minimum atomic E-state index is -0.722. The smallest absolute Gasteiger partial charge is 0.295 e. The number of amides is 1. The van der Waals surface area contributed by atoms with Crippen LogP contribution >= 0.6 is 0 Å². The second kappa shape index (κ2) is 9.99. The number of aryl methyl sites for hydroxylation is 1. The fourth-order valence-electron chi connectivity index (χ4n) is 3.98. The van der Waals surface area contributed by atoms with Gasteiger partial charge in [0.15, 0.2) is 0 Å². The Bertz CT molecular complexity index is 1170. The van der Waals surface area contributed by atoms with Crippen molar-refractivity contribution in [2.75, 3.05) is 13.2 Å². The molecule has 3 aromatic rings. The number of Topliss-reactive ketones (excluding diaryl/α,β-unsaturated/α-hetero) is 1. The molecule has 0 bridgehead atoms. The van der Waals surface area contributed by atoms with Gasteiger partial charge in [0.1, 0.15) is 18.1 Å². The number of hydrogen-bond acceptors (Lipinski definition) is 5. The summed E-state index contributed by atoms with van der Waals surface area (Å²) in [5.74, 6) is -0.911. The first-order chi connectivity index (χ1) is 16.1. The number of carbonyl (C=O) groups excluding carboxylic acids is 2. The molecule has 168 valence electrons. The maximum Gasteiger partial charge on any atom is 0.295 e. The van der Waals surface area contributed by atoms with E-state index in [0.717, 1.165) is 0 Å². The number of rotatable bonds is 9. The van der Waals surface area contributed by atoms with Gasteiger partial charge in [-0.3, -0.25) is 9.59 Å². The van der Waals surface area contributed by atoms with E-state index >= 15 is 0 Å². The van der Waals surface area contributed by atoms with Gasteiger partial charge in [-0.15, -0.1) is 0 Å². The van der Waals surface area contributed by atoms with Gasteiger partial charge < -0.3 is 19.3 Å². The lowest BCUT2D eigenvalue weighted by Gasteiger charge is -2.25. The highest BCUT2D eigenvalue weighted by Gasteiger charge is 2.45. The molecule has 1 fully saturated rings. The first-order valence-electron chi connectivity index (χ1n) is 10.7. The number of nitrogens with zero attached hydrogens (tertiary/aromatic N) is 3. The molecular formula is C26H25N3O4. The highest BCUT2D eigenvalue weighted by molar-refractivity contribution is 6.46. The maximum absolute atomic E-state index is 13.1. The van der Waals surface area contributed by atoms with Crippen LogP contribution in [0.4, 0.5) is 0 Å². The summed E-state index contributed by atoms with van der Waals surface area (Å²) in [4.78, 5) is 31.7. The van der Waals surface area contributed by atoms with Crippen molar-refractivity contribution in [1.82, 2.24) is 14.5 Å². The Morgan fingerprint density at radius 1 is 1.12 bits per heavy atom. The van der Waals surface area contributed by atoms with Gasteiger partial charge in [0.25, 0.3) is 11.7 Å². The number of imidazole rings is 1. The molecule has 7 heteroatoms. The molecule has 33 heavy (non-hydrogen) atoms. The first kappa shape index (κ1) is 22.1. The summed E-state index contributed by atoms with van der Waals surface area (Å²) in [5.41, 5.74) is 1.25. The zero-order chi connectivity index (χ0) is 23.2. The average Bonchev–Trinajstić information content (AvgIpc) is 3.45. The molecule has 1 N–H and O–H groups in total. The second-order valence-corrected chi connectivity index (χ2v) is 7.68. The van der Waals surface area contributed by atoms with Crippen molar-refractivity contribution < 1.29 is 19.4 Å². The van der Waals surface area contributed by atoms with E-state index in [9.17, 15) is 14.7 Å². The minimum Gasteiger partial charge on any atom is -0.507 e. The van der Waals surface area contributed by atoms with Crippen LogP contribution in [0.1, 0.15) is 23.6 Å². The SMILES string of the molecule is C=CCOc1cccc([C@@H]2C(=C(O)c3ccccc3)C(=O)C(=O)N2CCCn2ccnc2)c1. The lowest BCUT2D eigenvalue weighted by Crippen LogP contribution is -2.31. The number of hydrogen-bond donors (Lipinski definition) is 1. The van der Waals surface area contributed by atoms with Gasteiger partial charge in [0, 0.05) is 31.0 Å². The van der Waals surface area contributed by atoms with Crippen LogP contribution in [0.25, 0.3) is 5.76 Å². The Labute approximate surface area is 192 Å². The third-order valence-corrected chi connectivity index (χ3v) is 5.50. The van der Waals surface area contributed by atoms with E-state index in [2.05, 4.69) is 11.6 Å². The van der Waals surface area contributed by atoms with Crippen molar-refractivity contribution in [2.45, 2.75) is 19.0 Å². The molecule has 0 radical (unpaired) electrons. The molecule has 4 rings (SSSR count). The monoisotopic (exact) mass is 443 g/mol. The molecule has 1 aromatic heterocycles. The van der Waals surface area contributed by atoms with Crippen molar-refractivity contribution in [2.24, 2.45) is 0 Å². The van der Waals surface area contributed by atoms with E-state index < -0.39 is 17.7 Å². The Hall–Kier alpha value is -4.13. The van der Waals surface area contributed by atoms with Gasteiger partial charge in [-0.05, 0) is 24.1 Å². The highest BCUT2D eigenvalue weighted by Crippen LogP contribution is 2.40. The van der Waals surface area contributed by atoms with Crippen molar-refractivity contribution >= 4 is 17.4 Å². The van der Waals surface area contributed by atoms with Crippen LogP contribution < -0.4 is 4.74 Å². The van der Waals surface area contributed by atoms with Crippen LogP contribution in [0.5, 0.6) is 5.75 Å². The number of likely N-dealkylation sites (tertiary alicyclic amines) is 1. The lowest BCUT2D eigenvalue weighted by atomic mass is 9.95. The topological polar surface area (TPSA) is 84.7 Å². The number of carbonyl (C=O) groups is 2. The van der Waals surface area contributed by atoms with Crippen molar-refractivity contribution in [3.8, 4) is 5.75 Å². The number of ketones is 1. The highest BCUT2D eigenvalue weighted by atomic mass is 16.5. The summed E-state index contributed by atoms with van der Waals surface area (Å²) in [7, 11) is 0. The molecule has 0 aliphatic carbocycles. The third kappa shape index (κ3) is 4.72. The summed E-state index contributed by atoms with van der Waals surface area (Å²) in [6.45, 7) is 4.99. The van der Waals surface area contributed by atoms with Crippen LogP contribution in [-0.4, -0.2) is 44.4 Å². The summed E-state index contributed by atoms with van der Waals surface area (Å²) in [6.07, 6.45) is 7.52. The van der Waals surface area contributed by atoms with Gasteiger partial charge in [-0.25, -0.2) is 4.98 Å². The number of aliphatic hydroxyl groups excluding tert-OH is 1. The number of ether oxygens (including phenoxy) is 1. The largest absolute Gasteiger partial charge is 0.507 e. The Kier molecular flexibility index (Phi) is 6.69. The third-order valence-electron chi connectivity index (χ3n) is 5.50. The molecular weight excluding hydrogens is 418 g/mol. The van der Waals surface area contributed by atoms with E-state index in [0.29, 0.717) is 43.0 Å². The Morgan fingerprint density at radius 2 is 1.94 bits per heavy atom. The molecule has 2 heterocycles. The lowest BCUT2D eigenvalue weighted by molar-refractivity contribution is -0.139. The fraction of sp³-hybridized carbons (Fsp3) is 0.192.